The number of aromatic nitrogens is 3. The van der Waals surface area contributed by atoms with Crippen LogP contribution in [0.4, 0.5) is 10.1 Å². The number of carbonyl (C=O) groups excluding carboxylic acids is 1. The number of carbonyl (C=O) groups is 1. The Bertz CT molecular complexity index is 941. The van der Waals surface area contributed by atoms with Crippen LogP contribution < -0.4 is 4.90 Å². The van der Waals surface area contributed by atoms with Gasteiger partial charge in [-0.2, -0.15) is 0 Å². The number of amides is 1. The quantitative estimate of drug-likeness (QED) is 0.689. The zero-order valence-corrected chi connectivity index (χ0v) is 13.6. The van der Waals surface area contributed by atoms with Crippen molar-refractivity contribution in [3.63, 3.8) is 0 Å². The maximum atomic E-state index is 13.0. The molecule has 0 saturated heterocycles. The predicted octanol–water partition coefficient (Wildman–Crippen LogP) is 3.05. The monoisotopic (exact) mass is 334 g/mol. The highest BCUT2D eigenvalue weighted by Gasteiger charge is 2.20. The van der Waals surface area contributed by atoms with E-state index < -0.39 is 0 Å². The van der Waals surface area contributed by atoms with Crippen molar-refractivity contribution in [2.75, 3.05) is 11.4 Å². The highest BCUT2D eigenvalue weighted by molar-refractivity contribution is 6.04. The molecule has 6 heteroatoms. The second-order valence-corrected chi connectivity index (χ2v) is 5.27. The van der Waals surface area contributed by atoms with Crippen LogP contribution in [0.1, 0.15) is 23.0 Å². The first-order valence-corrected chi connectivity index (χ1v) is 7.69. The van der Waals surface area contributed by atoms with E-state index in [9.17, 15) is 9.18 Å². The number of halogens is 1. The average Bonchev–Trinajstić information content (AvgIpc) is 3.13. The Morgan fingerprint density at radius 1 is 1.28 bits per heavy atom. The van der Waals surface area contributed by atoms with Crippen LogP contribution in [0.15, 0.2) is 54.7 Å². The minimum atomic E-state index is -0.342. The first kappa shape index (κ1) is 16.4. The lowest BCUT2D eigenvalue weighted by atomic mass is 10.2. The molecule has 0 spiro atoms. The lowest BCUT2D eigenvalue weighted by Crippen LogP contribution is -2.31. The van der Waals surface area contributed by atoms with Crippen molar-refractivity contribution >= 4 is 11.6 Å². The third-order valence-electron chi connectivity index (χ3n) is 3.69. The summed E-state index contributed by atoms with van der Waals surface area (Å²) in [7, 11) is 0. The van der Waals surface area contributed by atoms with Crippen molar-refractivity contribution in [2.24, 2.45) is 0 Å². The van der Waals surface area contributed by atoms with Gasteiger partial charge in [0.05, 0.1) is 11.9 Å². The van der Waals surface area contributed by atoms with Gasteiger partial charge in [0.2, 0.25) is 0 Å². The van der Waals surface area contributed by atoms with Crippen molar-refractivity contribution in [2.45, 2.75) is 6.92 Å². The Hall–Kier alpha value is -3.46. The molecule has 0 fully saturated rings. The summed E-state index contributed by atoms with van der Waals surface area (Å²) in [6, 6.07) is 12.9. The van der Waals surface area contributed by atoms with E-state index in [0.29, 0.717) is 23.5 Å². The molecule has 0 saturated carbocycles. The second-order valence-electron chi connectivity index (χ2n) is 5.27. The Balaban J connectivity index is 1.89. The molecule has 0 aliphatic heterocycles. The van der Waals surface area contributed by atoms with Crippen molar-refractivity contribution in [1.82, 2.24) is 15.0 Å². The molecule has 1 amide bonds. The Labute approximate surface area is 144 Å². The Morgan fingerprint density at radius 2 is 2.04 bits per heavy atom. The summed E-state index contributed by atoms with van der Waals surface area (Å²) >= 11 is 0. The molecule has 25 heavy (non-hydrogen) atoms. The average molecular weight is 334 g/mol. The summed E-state index contributed by atoms with van der Waals surface area (Å²) in [5.41, 5.74) is 2.20. The van der Waals surface area contributed by atoms with Crippen LogP contribution >= 0.6 is 0 Å². The number of rotatable bonds is 4. The van der Waals surface area contributed by atoms with Crippen LogP contribution in [0.2, 0.25) is 0 Å². The van der Waals surface area contributed by atoms with E-state index in [4.69, 9.17) is 6.42 Å². The zero-order chi connectivity index (χ0) is 17.8. The van der Waals surface area contributed by atoms with E-state index in [-0.39, 0.29) is 17.4 Å². The largest absolute Gasteiger partial charge is 0.307 e. The topological polar surface area (TPSA) is 51.0 Å². The van der Waals surface area contributed by atoms with E-state index in [1.54, 1.807) is 35.2 Å². The van der Waals surface area contributed by atoms with E-state index in [1.807, 2.05) is 13.0 Å². The molecule has 1 heterocycles. The molecular weight excluding hydrogens is 319 g/mol. The number of anilines is 1. The number of nitrogens with zero attached hydrogens (tertiary/aromatic N) is 4. The first-order valence-electron chi connectivity index (χ1n) is 7.69. The van der Waals surface area contributed by atoms with Gasteiger partial charge in [0, 0.05) is 17.8 Å². The van der Waals surface area contributed by atoms with Gasteiger partial charge in [-0.05, 0) is 49.4 Å². The molecule has 1 aromatic heterocycles. The molecule has 5 nitrogen and oxygen atoms in total. The molecule has 0 aliphatic rings. The molecule has 0 radical (unpaired) electrons. The van der Waals surface area contributed by atoms with Crippen molar-refractivity contribution in [3.8, 4) is 18.0 Å². The van der Waals surface area contributed by atoms with Gasteiger partial charge in [-0.15, -0.1) is 11.5 Å². The molecule has 3 rings (SSSR count). The van der Waals surface area contributed by atoms with Crippen LogP contribution in [0.5, 0.6) is 0 Å². The maximum absolute atomic E-state index is 13.0. The number of hydrogen-bond donors (Lipinski definition) is 0. The van der Waals surface area contributed by atoms with Crippen LogP contribution in [-0.2, 0) is 0 Å². The summed E-state index contributed by atoms with van der Waals surface area (Å²) in [6.45, 7) is 2.32. The molecule has 0 unspecified atom stereocenters. The van der Waals surface area contributed by atoms with Gasteiger partial charge in [-0.1, -0.05) is 17.2 Å². The van der Waals surface area contributed by atoms with Crippen molar-refractivity contribution < 1.29 is 9.18 Å². The fraction of sp³-hybridized carbons (Fsp3) is 0.105. The smallest absolute Gasteiger partial charge is 0.280 e. The first-order chi connectivity index (χ1) is 12.1. The minimum Gasteiger partial charge on any atom is -0.307 e. The number of hydrogen-bond acceptors (Lipinski definition) is 3. The SMILES string of the molecule is C#Cc1cccc(N(CC)C(=O)c2cn(-c3ccc(F)cc3)nn2)c1. The highest BCUT2D eigenvalue weighted by atomic mass is 19.1. The van der Waals surface area contributed by atoms with Crippen LogP contribution in [-0.4, -0.2) is 27.4 Å². The maximum Gasteiger partial charge on any atom is 0.280 e. The normalized spacial score (nSPS) is 10.3. The summed E-state index contributed by atoms with van der Waals surface area (Å²) < 4.78 is 14.4. The standard InChI is InChI=1S/C19H15FN4O/c1-3-14-6-5-7-17(12-14)23(4-2)19(25)18-13-24(22-21-18)16-10-8-15(20)9-11-16/h1,5-13H,4H2,2H3. The lowest BCUT2D eigenvalue weighted by molar-refractivity contribution is 0.0983. The minimum absolute atomic E-state index is 0.192. The number of terminal acetylenes is 1. The summed E-state index contributed by atoms with van der Waals surface area (Å²) in [5.74, 6) is 1.93. The van der Waals surface area contributed by atoms with Crippen LogP contribution in [0.3, 0.4) is 0 Å². The lowest BCUT2D eigenvalue weighted by Gasteiger charge is -2.19. The molecule has 3 aromatic rings. The van der Waals surface area contributed by atoms with Crippen LogP contribution in [0, 0.1) is 18.2 Å². The van der Waals surface area contributed by atoms with Gasteiger partial charge in [0.25, 0.3) is 5.91 Å². The number of benzene rings is 2. The fourth-order valence-corrected chi connectivity index (χ4v) is 2.43. The van der Waals surface area contributed by atoms with E-state index in [1.165, 1.54) is 23.0 Å². The molecule has 0 atom stereocenters. The Kier molecular flexibility index (Phi) is 4.57. The van der Waals surface area contributed by atoms with Crippen LogP contribution in [0.25, 0.3) is 5.69 Å². The van der Waals surface area contributed by atoms with Gasteiger partial charge in [0.1, 0.15) is 5.82 Å². The summed E-state index contributed by atoms with van der Waals surface area (Å²) in [5, 5.41) is 7.89. The molecule has 0 bridgehead atoms. The third kappa shape index (κ3) is 3.40. The predicted molar refractivity (Wildman–Crippen MR) is 93.0 cm³/mol. The van der Waals surface area contributed by atoms with Gasteiger partial charge in [-0.3, -0.25) is 4.79 Å². The summed E-state index contributed by atoms with van der Waals surface area (Å²) in [4.78, 5) is 14.3. The van der Waals surface area contributed by atoms with Gasteiger partial charge >= 0.3 is 0 Å². The second kappa shape index (κ2) is 6.97. The molecule has 124 valence electrons. The van der Waals surface area contributed by atoms with Crippen molar-refractivity contribution in [3.05, 3.63) is 71.8 Å². The fourth-order valence-electron chi connectivity index (χ4n) is 2.43. The molecular formula is C19H15FN4O. The summed E-state index contributed by atoms with van der Waals surface area (Å²) in [6.07, 6.45) is 6.94. The van der Waals surface area contributed by atoms with Gasteiger partial charge < -0.3 is 4.90 Å². The van der Waals surface area contributed by atoms with E-state index in [0.717, 1.165) is 0 Å². The van der Waals surface area contributed by atoms with Gasteiger partial charge in [-0.25, -0.2) is 9.07 Å². The molecule has 0 N–H and O–H groups in total. The van der Waals surface area contributed by atoms with E-state index in [2.05, 4.69) is 16.2 Å². The van der Waals surface area contributed by atoms with E-state index >= 15 is 0 Å². The third-order valence-corrected chi connectivity index (χ3v) is 3.69. The molecule has 2 aromatic carbocycles. The highest BCUT2D eigenvalue weighted by Crippen LogP contribution is 2.18. The zero-order valence-electron chi connectivity index (χ0n) is 13.6. The van der Waals surface area contributed by atoms with Gasteiger partial charge in [0.15, 0.2) is 5.69 Å². The Morgan fingerprint density at radius 3 is 2.72 bits per heavy atom. The molecule has 0 aliphatic carbocycles. The van der Waals surface area contributed by atoms with Crippen molar-refractivity contribution in [1.29, 1.82) is 0 Å².